The van der Waals surface area contributed by atoms with E-state index in [0.717, 1.165) is 11.1 Å². The van der Waals surface area contributed by atoms with Crippen molar-refractivity contribution in [2.24, 2.45) is 17.2 Å². The van der Waals surface area contributed by atoms with Gasteiger partial charge in [-0.05, 0) is 59.9 Å². The van der Waals surface area contributed by atoms with Crippen molar-refractivity contribution in [1.29, 1.82) is 0 Å². The van der Waals surface area contributed by atoms with Gasteiger partial charge in [0, 0.05) is 6.42 Å². The number of benzene rings is 3. The molecule has 0 aliphatic heterocycles. The zero-order valence-electron chi connectivity index (χ0n) is 20.9. The summed E-state index contributed by atoms with van der Waals surface area (Å²) in [6.45, 7) is 0. The number of phenolic OH excluding ortho intramolecular Hbond substituents is 3. The van der Waals surface area contributed by atoms with Crippen molar-refractivity contribution >= 4 is 17.9 Å². The molecule has 12 heteroatoms. The van der Waals surface area contributed by atoms with Crippen molar-refractivity contribution in [1.82, 2.24) is 0 Å². The number of rotatable bonds is 9. The zero-order chi connectivity index (χ0) is 29.5. The lowest BCUT2D eigenvalue weighted by atomic mass is 10.1. The topological polar surface area (TPSA) is 251 Å². The first-order valence-corrected chi connectivity index (χ1v) is 11.6. The highest BCUT2D eigenvalue weighted by Gasteiger charge is 2.14. The van der Waals surface area contributed by atoms with Gasteiger partial charge in [0.05, 0.1) is 0 Å². The molecule has 0 heterocycles. The summed E-state index contributed by atoms with van der Waals surface area (Å²) in [6, 6.07) is 16.5. The summed E-state index contributed by atoms with van der Waals surface area (Å²) in [7, 11) is 0. The third-order valence-electron chi connectivity index (χ3n) is 5.14. The lowest BCUT2D eigenvalue weighted by Gasteiger charge is -2.07. The van der Waals surface area contributed by atoms with Gasteiger partial charge in [-0.2, -0.15) is 0 Å². The molecule has 0 saturated heterocycles. The van der Waals surface area contributed by atoms with E-state index >= 15 is 0 Å². The number of nitrogens with two attached hydrogens (primary N) is 3. The average Bonchev–Trinajstić information content (AvgIpc) is 2.87. The molecule has 12 N–H and O–H groups in total. The number of carboxylic acid groups (broad SMARTS) is 3. The zero-order valence-corrected chi connectivity index (χ0v) is 20.9. The summed E-state index contributed by atoms with van der Waals surface area (Å²) in [5, 5.41) is 52.9. The number of hydrogen-bond acceptors (Lipinski definition) is 9. The van der Waals surface area contributed by atoms with Gasteiger partial charge >= 0.3 is 17.9 Å². The molecule has 0 aliphatic carbocycles. The van der Waals surface area contributed by atoms with Gasteiger partial charge in [0.15, 0.2) is 0 Å². The fourth-order valence-electron chi connectivity index (χ4n) is 3.01. The molecule has 0 amide bonds. The predicted molar refractivity (Wildman–Crippen MR) is 142 cm³/mol. The second-order valence-corrected chi connectivity index (χ2v) is 8.41. The van der Waals surface area contributed by atoms with Crippen molar-refractivity contribution in [3.8, 4) is 17.2 Å². The molecule has 0 aliphatic rings. The number of aromatic hydroxyl groups is 3. The van der Waals surface area contributed by atoms with Crippen molar-refractivity contribution in [2.75, 3.05) is 0 Å². The summed E-state index contributed by atoms with van der Waals surface area (Å²) in [5.74, 6) is -2.76. The van der Waals surface area contributed by atoms with Gasteiger partial charge in [-0.1, -0.05) is 42.5 Å². The van der Waals surface area contributed by atoms with E-state index in [2.05, 4.69) is 0 Å². The van der Waals surface area contributed by atoms with Gasteiger partial charge in [-0.25, -0.2) is 0 Å². The van der Waals surface area contributed by atoms with E-state index in [1.54, 1.807) is 42.5 Å². The summed E-state index contributed by atoms with van der Waals surface area (Å²) in [4.78, 5) is 31.2. The van der Waals surface area contributed by atoms with E-state index in [0.29, 0.717) is 5.56 Å². The summed E-state index contributed by atoms with van der Waals surface area (Å²) < 4.78 is 0. The Morgan fingerprint density at radius 2 is 1.05 bits per heavy atom. The first-order chi connectivity index (χ1) is 18.3. The highest BCUT2D eigenvalue weighted by Crippen LogP contribution is 2.17. The van der Waals surface area contributed by atoms with Gasteiger partial charge in [-0.15, -0.1) is 0 Å². The molecule has 210 valence electrons. The minimum atomic E-state index is -1.07. The molecule has 3 aromatic carbocycles. The molecule has 0 spiro atoms. The Balaban J connectivity index is 0.000000292. The first-order valence-electron chi connectivity index (χ1n) is 11.6. The number of para-hydroxylation sites is 1. The second kappa shape index (κ2) is 16.2. The Bertz CT molecular complexity index is 1220. The van der Waals surface area contributed by atoms with Crippen LogP contribution in [0.4, 0.5) is 0 Å². The van der Waals surface area contributed by atoms with Gasteiger partial charge in [-0.3, -0.25) is 14.4 Å². The molecule has 0 aromatic heterocycles. The maximum absolute atomic E-state index is 10.4. The number of aliphatic carboxylic acids is 3. The fraction of sp³-hybridized carbons (Fsp3) is 0.222. The third-order valence-corrected chi connectivity index (χ3v) is 5.14. The maximum atomic E-state index is 10.4. The quantitative estimate of drug-likeness (QED) is 0.183. The van der Waals surface area contributed by atoms with Crippen LogP contribution in [0.1, 0.15) is 16.7 Å². The van der Waals surface area contributed by atoms with Crippen LogP contribution >= 0.6 is 0 Å². The Hall–Kier alpha value is -4.65. The van der Waals surface area contributed by atoms with Crippen LogP contribution in [0.2, 0.25) is 0 Å². The standard InChI is InChI=1S/3C9H11NO3/c10-8(9(12)13)5-6-1-3-7(11)4-2-6;10-8(9(12)13)5-6-2-1-3-7(11)4-6;10-7(9(12)13)5-6-3-1-2-4-8(6)11/h2*1-4,8,11H,5,10H2,(H,12,13);1-4,7,11H,5,10H2,(H,12,13). The number of carboxylic acids is 3. The molecule has 12 nitrogen and oxygen atoms in total. The molecule has 0 saturated carbocycles. The first kappa shape index (κ1) is 32.4. The van der Waals surface area contributed by atoms with E-state index in [9.17, 15) is 19.5 Å². The van der Waals surface area contributed by atoms with Crippen LogP contribution in [0, 0.1) is 0 Å². The molecular weight excluding hydrogens is 510 g/mol. The highest BCUT2D eigenvalue weighted by atomic mass is 16.4. The van der Waals surface area contributed by atoms with Gasteiger partial charge in [0.2, 0.25) is 0 Å². The minimum absolute atomic E-state index is 0.0826. The molecule has 39 heavy (non-hydrogen) atoms. The van der Waals surface area contributed by atoms with Crippen molar-refractivity contribution in [3.63, 3.8) is 0 Å². The third kappa shape index (κ3) is 12.9. The SMILES string of the molecule is NC(Cc1ccc(O)cc1)C(=O)O.NC(Cc1cccc(O)c1)C(=O)O.NC(Cc1ccccc1O)C(=O)O. The monoisotopic (exact) mass is 543 g/mol. The van der Waals surface area contributed by atoms with Gasteiger partial charge < -0.3 is 47.8 Å². The molecule has 3 unspecified atom stereocenters. The Morgan fingerprint density at radius 1 is 0.564 bits per heavy atom. The van der Waals surface area contributed by atoms with E-state index in [1.807, 2.05) is 0 Å². The van der Waals surface area contributed by atoms with Gasteiger partial charge in [0.25, 0.3) is 0 Å². The van der Waals surface area contributed by atoms with Crippen LogP contribution in [0.3, 0.4) is 0 Å². The van der Waals surface area contributed by atoms with Gasteiger partial charge in [0.1, 0.15) is 35.4 Å². The number of hydrogen-bond donors (Lipinski definition) is 9. The Labute approximate surface area is 224 Å². The summed E-state index contributed by atoms with van der Waals surface area (Å²) in [5.41, 5.74) is 18.0. The molecular formula is C27H33N3O9. The van der Waals surface area contributed by atoms with Crippen LogP contribution in [0.25, 0.3) is 0 Å². The van der Waals surface area contributed by atoms with Crippen molar-refractivity contribution in [2.45, 2.75) is 37.4 Å². The molecule has 0 bridgehead atoms. The Kier molecular flexibility index (Phi) is 13.5. The molecule has 3 atom stereocenters. The average molecular weight is 544 g/mol. The molecule has 3 aromatic rings. The van der Waals surface area contributed by atoms with E-state index < -0.39 is 36.0 Å². The Morgan fingerprint density at radius 3 is 1.54 bits per heavy atom. The summed E-state index contributed by atoms with van der Waals surface area (Å²) in [6.07, 6.45) is 0.640. The lowest BCUT2D eigenvalue weighted by Crippen LogP contribution is -2.32. The van der Waals surface area contributed by atoms with Crippen LogP contribution in [0.15, 0.2) is 72.8 Å². The largest absolute Gasteiger partial charge is 0.508 e. The van der Waals surface area contributed by atoms with Crippen LogP contribution in [-0.4, -0.2) is 66.7 Å². The number of phenols is 3. The lowest BCUT2D eigenvalue weighted by molar-refractivity contribution is -0.139. The summed E-state index contributed by atoms with van der Waals surface area (Å²) >= 11 is 0. The van der Waals surface area contributed by atoms with E-state index in [1.165, 1.54) is 30.3 Å². The smallest absolute Gasteiger partial charge is 0.320 e. The molecule has 0 fully saturated rings. The normalized spacial score (nSPS) is 12.4. The van der Waals surface area contributed by atoms with Crippen molar-refractivity contribution in [3.05, 3.63) is 89.5 Å². The van der Waals surface area contributed by atoms with Crippen molar-refractivity contribution < 1.29 is 45.0 Å². The van der Waals surface area contributed by atoms with Crippen LogP contribution in [0.5, 0.6) is 17.2 Å². The van der Waals surface area contributed by atoms with Crippen LogP contribution in [-0.2, 0) is 33.6 Å². The van der Waals surface area contributed by atoms with E-state index in [4.69, 9.17) is 42.7 Å². The maximum Gasteiger partial charge on any atom is 0.320 e. The molecule has 3 rings (SSSR count). The highest BCUT2D eigenvalue weighted by molar-refractivity contribution is 5.74. The second-order valence-electron chi connectivity index (χ2n) is 8.41. The minimum Gasteiger partial charge on any atom is -0.508 e. The fourth-order valence-corrected chi connectivity index (χ4v) is 3.01. The predicted octanol–water partition coefficient (Wildman–Crippen LogP) is 1.04. The van der Waals surface area contributed by atoms with E-state index in [-0.39, 0.29) is 36.5 Å². The number of carbonyl (C=O) groups is 3. The molecule has 0 radical (unpaired) electrons. The van der Waals surface area contributed by atoms with Crippen LogP contribution < -0.4 is 17.2 Å².